The zero-order valence-electron chi connectivity index (χ0n) is 10.4. The van der Waals surface area contributed by atoms with Crippen molar-refractivity contribution in [1.29, 1.82) is 0 Å². The molecule has 1 aromatic heterocycles. The van der Waals surface area contributed by atoms with E-state index in [1.165, 1.54) is 30.5 Å². The molecule has 1 saturated heterocycles. The maximum absolute atomic E-state index is 4.74. The minimum Gasteiger partial charge on any atom is -0.357 e. The molecule has 0 bridgehead atoms. The molecule has 0 spiro atoms. The van der Waals surface area contributed by atoms with Gasteiger partial charge >= 0.3 is 0 Å². The molecule has 0 amide bonds. The average molecular weight is 229 g/mol. The second kappa shape index (κ2) is 4.47. The molecule has 17 heavy (non-hydrogen) atoms. The van der Waals surface area contributed by atoms with Crippen molar-refractivity contribution < 1.29 is 0 Å². The number of rotatable bonds is 2. The summed E-state index contributed by atoms with van der Waals surface area (Å²) < 4.78 is 0. The standard InChI is InChI=1S/C14H19N3/c1-11-12(13-5-4-8-15-13)6-7-14(16-11)17-9-2-3-10-17/h6-7H,2-5,8-10H2,1H3. The number of anilines is 1. The minimum absolute atomic E-state index is 0.989. The Morgan fingerprint density at radius 1 is 1.12 bits per heavy atom. The van der Waals surface area contributed by atoms with Gasteiger partial charge in [0.1, 0.15) is 5.82 Å². The van der Waals surface area contributed by atoms with Crippen LogP contribution in [0.4, 0.5) is 5.82 Å². The fourth-order valence-electron chi connectivity index (χ4n) is 2.73. The highest BCUT2D eigenvalue weighted by molar-refractivity contribution is 6.02. The first kappa shape index (κ1) is 10.8. The summed E-state index contributed by atoms with van der Waals surface area (Å²) in [6.07, 6.45) is 4.92. The first-order valence-corrected chi connectivity index (χ1v) is 6.61. The Morgan fingerprint density at radius 3 is 2.59 bits per heavy atom. The average Bonchev–Trinajstić information content (AvgIpc) is 3.02. The molecule has 1 aromatic rings. The Labute approximate surface area is 103 Å². The van der Waals surface area contributed by atoms with Gasteiger partial charge in [0.15, 0.2) is 0 Å². The Balaban J connectivity index is 1.88. The second-order valence-corrected chi connectivity index (χ2v) is 4.93. The number of aliphatic imine (C=N–C) groups is 1. The summed E-state index contributed by atoms with van der Waals surface area (Å²) in [6, 6.07) is 4.37. The van der Waals surface area contributed by atoms with Crippen LogP contribution in [0.3, 0.4) is 0 Å². The van der Waals surface area contributed by atoms with Crippen molar-refractivity contribution in [1.82, 2.24) is 4.98 Å². The van der Waals surface area contributed by atoms with E-state index in [1.807, 2.05) is 0 Å². The van der Waals surface area contributed by atoms with Crippen LogP contribution in [0, 0.1) is 6.92 Å². The zero-order valence-corrected chi connectivity index (χ0v) is 10.4. The monoisotopic (exact) mass is 229 g/mol. The molecular weight excluding hydrogens is 210 g/mol. The molecule has 0 aliphatic carbocycles. The predicted molar refractivity (Wildman–Crippen MR) is 71.1 cm³/mol. The fraction of sp³-hybridized carbons (Fsp3) is 0.571. The summed E-state index contributed by atoms with van der Waals surface area (Å²) in [5.41, 5.74) is 3.64. The molecule has 1 fully saturated rings. The summed E-state index contributed by atoms with van der Waals surface area (Å²) in [4.78, 5) is 11.7. The van der Waals surface area contributed by atoms with Gasteiger partial charge < -0.3 is 4.90 Å². The van der Waals surface area contributed by atoms with Crippen molar-refractivity contribution in [2.75, 3.05) is 24.5 Å². The Hall–Kier alpha value is -1.38. The smallest absolute Gasteiger partial charge is 0.128 e. The molecule has 2 aliphatic rings. The van der Waals surface area contributed by atoms with Crippen LogP contribution in [0.5, 0.6) is 0 Å². The van der Waals surface area contributed by atoms with Crippen molar-refractivity contribution >= 4 is 11.5 Å². The molecule has 0 atom stereocenters. The number of hydrogen-bond donors (Lipinski definition) is 0. The first-order valence-electron chi connectivity index (χ1n) is 6.61. The van der Waals surface area contributed by atoms with Gasteiger partial charge in [-0.2, -0.15) is 0 Å². The number of hydrogen-bond acceptors (Lipinski definition) is 3. The second-order valence-electron chi connectivity index (χ2n) is 4.93. The first-order chi connectivity index (χ1) is 8.34. The molecule has 2 aliphatic heterocycles. The topological polar surface area (TPSA) is 28.5 Å². The van der Waals surface area contributed by atoms with Gasteiger partial charge in [-0.05, 0) is 44.7 Å². The molecule has 3 heterocycles. The zero-order chi connectivity index (χ0) is 11.7. The van der Waals surface area contributed by atoms with E-state index >= 15 is 0 Å². The molecule has 0 N–H and O–H groups in total. The van der Waals surface area contributed by atoms with E-state index in [0.717, 1.165) is 37.6 Å². The lowest BCUT2D eigenvalue weighted by Crippen LogP contribution is -2.19. The lowest BCUT2D eigenvalue weighted by molar-refractivity contribution is 0.928. The highest BCUT2D eigenvalue weighted by Crippen LogP contribution is 2.22. The Kier molecular flexibility index (Phi) is 2.83. The van der Waals surface area contributed by atoms with Crippen LogP contribution >= 0.6 is 0 Å². The Morgan fingerprint density at radius 2 is 1.94 bits per heavy atom. The van der Waals surface area contributed by atoms with E-state index < -0.39 is 0 Å². The van der Waals surface area contributed by atoms with Gasteiger partial charge in [0, 0.05) is 36.6 Å². The molecule has 3 heteroatoms. The summed E-state index contributed by atoms with van der Waals surface area (Å²) in [6.45, 7) is 5.41. The van der Waals surface area contributed by atoms with Gasteiger partial charge in [-0.1, -0.05) is 0 Å². The van der Waals surface area contributed by atoms with Crippen molar-refractivity contribution in [2.45, 2.75) is 32.6 Å². The van der Waals surface area contributed by atoms with Crippen molar-refractivity contribution in [3.8, 4) is 0 Å². The normalized spacial score (nSPS) is 19.8. The molecule has 0 saturated carbocycles. The van der Waals surface area contributed by atoms with Crippen LogP contribution in [0.25, 0.3) is 0 Å². The van der Waals surface area contributed by atoms with Crippen molar-refractivity contribution in [3.63, 3.8) is 0 Å². The van der Waals surface area contributed by atoms with Crippen LogP contribution in [-0.4, -0.2) is 30.3 Å². The van der Waals surface area contributed by atoms with E-state index in [4.69, 9.17) is 4.98 Å². The van der Waals surface area contributed by atoms with E-state index in [1.54, 1.807) is 0 Å². The molecular formula is C14H19N3. The summed E-state index contributed by atoms with van der Waals surface area (Å²) in [7, 11) is 0. The largest absolute Gasteiger partial charge is 0.357 e. The van der Waals surface area contributed by atoms with Crippen LogP contribution in [-0.2, 0) is 0 Å². The van der Waals surface area contributed by atoms with Gasteiger partial charge in [0.05, 0.1) is 0 Å². The summed E-state index contributed by atoms with van der Waals surface area (Å²) >= 11 is 0. The number of aromatic nitrogens is 1. The molecule has 3 nitrogen and oxygen atoms in total. The number of aryl methyl sites for hydroxylation is 1. The highest BCUT2D eigenvalue weighted by atomic mass is 15.2. The minimum atomic E-state index is 0.989. The van der Waals surface area contributed by atoms with E-state index in [9.17, 15) is 0 Å². The SMILES string of the molecule is Cc1nc(N2CCCC2)ccc1C1=NCCC1. The molecule has 0 aromatic carbocycles. The van der Waals surface area contributed by atoms with Gasteiger partial charge in [-0.25, -0.2) is 4.98 Å². The number of pyridine rings is 1. The maximum Gasteiger partial charge on any atom is 0.128 e. The van der Waals surface area contributed by atoms with E-state index in [2.05, 4.69) is 28.9 Å². The molecule has 90 valence electrons. The van der Waals surface area contributed by atoms with E-state index in [0.29, 0.717) is 0 Å². The van der Waals surface area contributed by atoms with Gasteiger partial charge in [-0.15, -0.1) is 0 Å². The molecule has 3 rings (SSSR count). The lowest BCUT2D eigenvalue weighted by atomic mass is 10.1. The quantitative estimate of drug-likeness (QED) is 0.779. The van der Waals surface area contributed by atoms with Gasteiger partial charge in [-0.3, -0.25) is 4.99 Å². The summed E-state index contributed by atoms with van der Waals surface area (Å²) in [5.74, 6) is 1.14. The Bertz CT molecular complexity index is 445. The maximum atomic E-state index is 4.74. The van der Waals surface area contributed by atoms with Gasteiger partial charge in [0.25, 0.3) is 0 Å². The third-order valence-corrected chi connectivity index (χ3v) is 3.69. The third kappa shape index (κ3) is 2.06. The molecule has 0 unspecified atom stereocenters. The fourth-order valence-corrected chi connectivity index (χ4v) is 2.73. The van der Waals surface area contributed by atoms with Crippen molar-refractivity contribution in [3.05, 3.63) is 23.4 Å². The van der Waals surface area contributed by atoms with Crippen LogP contribution < -0.4 is 4.90 Å². The highest BCUT2D eigenvalue weighted by Gasteiger charge is 2.16. The van der Waals surface area contributed by atoms with Crippen LogP contribution in [0.1, 0.15) is 36.9 Å². The van der Waals surface area contributed by atoms with Crippen LogP contribution in [0.15, 0.2) is 17.1 Å². The van der Waals surface area contributed by atoms with Crippen molar-refractivity contribution in [2.24, 2.45) is 4.99 Å². The molecule has 0 radical (unpaired) electrons. The predicted octanol–water partition coefficient (Wildman–Crippen LogP) is 2.57. The van der Waals surface area contributed by atoms with E-state index in [-0.39, 0.29) is 0 Å². The summed E-state index contributed by atoms with van der Waals surface area (Å²) in [5, 5.41) is 0. The van der Waals surface area contributed by atoms with Crippen LogP contribution in [0.2, 0.25) is 0 Å². The van der Waals surface area contributed by atoms with Gasteiger partial charge in [0.2, 0.25) is 0 Å². The number of nitrogens with zero attached hydrogens (tertiary/aromatic N) is 3. The lowest BCUT2D eigenvalue weighted by Gasteiger charge is -2.17. The third-order valence-electron chi connectivity index (χ3n) is 3.69.